The fraction of sp³-hybridized carbons (Fsp3) is 0.462. The highest BCUT2D eigenvalue weighted by molar-refractivity contribution is 5.92. The van der Waals surface area contributed by atoms with Crippen LogP contribution in [0, 0.1) is 17.0 Å². The highest BCUT2D eigenvalue weighted by Gasteiger charge is 2.20. The van der Waals surface area contributed by atoms with Gasteiger partial charge in [-0.1, -0.05) is 6.07 Å². The van der Waals surface area contributed by atoms with E-state index in [9.17, 15) is 14.9 Å². The Hall–Kier alpha value is -2.11. The van der Waals surface area contributed by atoms with Gasteiger partial charge in [-0.15, -0.1) is 0 Å². The number of nitro groups is 1. The molecule has 0 spiro atoms. The van der Waals surface area contributed by atoms with Crippen LogP contribution in [0.1, 0.15) is 24.8 Å². The number of nitrogens with one attached hydrogen (secondary N) is 1. The number of hydrogen-bond acceptors (Lipinski definition) is 3. The Morgan fingerprint density at radius 1 is 1.32 bits per heavy atom. The summed E-state index contributed by atoms with van der Waals surface area (Å²) in [5.41, 5.74) is 0.985. The lowest BCUT2D eigenvalue weighted by Crippen LogP contribution is -2.38. The third-order valence-corrected chi connectivity index (χ3v) is 3.23. The number of rotatable bonds is 2. The summed E-state index contributed by atoms with van der Waals surface area (Å²) in [6.07, 6.45) is 3.11. The molecule has 1 aliphatic heterocycles. The molecule has 1 fully saturated rings. The smallest absolute Gasteiger partial charge is 0.322 e. The zero-order valence-corrected chi connectivity index (χ0v) is 10.9. The minimum Gasteiger partial charge on any atom is -0.325 e. The molecule has 2 amide bonds. The number of amides is 2. The summed E-state index contributed by atoms with van der Waals surface area (Å²) >= 11 is 0. The van der Waals surface area contributed by atoms with Crippen LogP contribution in [0.5, 0.6) is 0 Å². The molecule has 102 valence electrons. The summed E-state index contributed by atoms with van der Waals surface area (Å²) in [6.45, 7) is 3.21. The van der Waals surface area contributed by atoms with Crippen LogP contribution < -0.4 is 5.32 Å². The molecule has 1 saturated heterocycles. The number of aryl methyl sites for hydroxylation is 1. The molecular weight excluding hydrogens is 246 g/mol. The maximum absolute atomic E-state index is 12.0. The molecule has 0 aromatic heterocycles. The average Bonchev–Trinajstić information content (AvgIpc) is 2.41. The van der Waals surface area contributed by atoms with Crippen molar-refractivity contribution in [3.8, 4) is 0 Å². The molecule has 6 nitrogen and oxygen atoms in total. The molecular formula is C13H17N3O3. The minimum absolute atomic E-state index is 0.0645. The zero-order valence-electron chi connectivity index (χ0n) is 10.9. The summed E-state index contributed by atoms with van der Waals surface area (Å²) in [5, 5.41) is 13.6. The summed E-state index contributed by atoms with van der Waals surface area (Å²) in [5.74, 6) is 0. The van der Waals surface area contributed by atoms with Crippen molar-refractivity contribution in [3.05, 3.63) is 33.9 Å². The van der Waals surface area contributed by atoms with E-state index >= 15 is 0 Å². The first-order chi connectivity index (χ1) is 9.08. The second kappa shape index (κ2) is 5.69. The molecule has 0 aliphatic carbocycles. The molecule has 1 aromatic carbocycles. The summed E-state index contributed by atoms with van der Waals surface area (Å²) in [4.78, 5) is 24.2. The van der Waals surface area contributed by atoms with Crippen LogP contribution in [0.4, 0.5) is 16.2 Å². The molecule has 1 aliphatic rings. The van der Waals surface area contributed by atoms with Gasteiger partial charge in [0.1, 0.15) is 5.69 Å². The Morgan fingerprint density at radius 2 is 2.00 bits per heavy atom. The van der Waals surface area contributed by atoms with Gasteiger partial charge in [0.15, 0.2) is 0 Å². The Morgan fingerprint density at radius 3 is 2.63 bits per heavy atom. The molecule has 1 N–H and O–H groups in total. The predicted octanol–water partition coefficient (Wildman–Crippen LogP) is 2.92. The summed E-state index contributed by atoms with van der Waals surface area (Å²) in [6, 6.07) is 4.53. The molecule has 0 radical (unpaired) electrons. The largest absolute Gasteiger partial charge is 0.325 e. The second-order valence-corrected chi connectivity index (χ2v) is 4.76. The van der Waals surface area contributed by atoms with Gasteiger partial charge in [0.05, 0.1) is 4.92 Å². The molecule has 1 heterocycles. The van der Waals surface area contributed by atoms with Crippen molar-refractivity contribution in [3.63, 3.8) is 0 Å². The van der Waals surface area contributed by atoms with Crippen molar-refractivity contribution in [1.82, 2.24) is 4.90 Å². The summed E-state index contributed by atoms with van der Waals surface area (Å²) < 4.78 is 0. The highest BCUT2D eigenvalue weighted by Crippen LogP contribution is 2.25. The van der Waals surface area contributed by atoms with Crippen LogP contribution in [0.25, 0.3) is 0 Å². The number of carbonyl (C=O) groups is 1. The van der Waals surface area contributed by atoms with E-state index in [0.29, 0.717) is 13.1 Å². The molecule has 19 heavy (non-hydrogen) atoms. The Kier molecular flexibility index (Phi) is 3.99. The topological polar surface area (TPSA) is 75.5 Å². The van der Waals surface area contributed by atoms with Crippen molar-refractivity contribution in [2.24, 2.45) is 0 Å². The zero-order chi connectivity index (χ0) is 13.8. The van der Waals surface area contributed by atoms with Gasteiger partial charge in [-0.2, -0.15) is 0 Å². The van der Waals surface area contributed by atoms with Gasteiger partial charge < -0.3 is 10.2 Å². The standard InChI is InChI=1S/C13H17N3O3/c1-10-5-6-11(12(9-10)16(18)19)14-13(17)15-7-3-2-4-8-15/h5-6,9H,2-4,7-8H2,1H3,(H,14,17). The number of anilines is 1. The van der Waals surface area contributed by atoms with Crippen LogP contribution in [-0.2, 0) is 0 Å². The van der Waals surface area contributed by atoms with Crippen molar-refractivity contribution in [1.29, 1.82) is 0 Å². The normalized spacial score (nSPS) is 15.1. The van der Waals surface area contributed by atoms with Gasteiger partial charge in [-0.25, -0.2) is 4.79 Å². The third kappa shape index (κ3) is 3.21. The number of urea groups is 1. The fourth-order valence-corrected chi connectivity index (χ4v) is 2.19. The van der Waals surface area contributed by atoms with Crippen molar-refractivity contribution in [2.45, 2.75) is 26.2 Å². The average molecular weight is 263 g/mol. The van der Waals surface area contributed by atoms with Crippen LogP contribution in [0.15, 0.2) is 18.2 Å². The van der Waals surface area contributed by atoms with Crippen molar-refractivity contribution >= 4 is 17.4 Å². The highest BCUT2D eigenvalue weighted by atomic mass is 16.6. The lowest BCUT2D eigenvalue weighted by Gasteiger charge is -2.26. The first-order valence-corrected chi connectivity index (χ1v) is 6.39. The number of piperidine rings is 1. The Bertz CT molecular complexity index is 496. The van der Waals surface area contributed by atoms with Crippen LogP contribution in [-0.4, -0.2) is 28.9 Å². The van der Waals surface area contributed by atoms with E-state index < -0.39 is 4.92 Å². The summed E-state index contributed by atoms with van der Waals surface area (Å²) in [7, 11) is 0. The molecule has 0 saturated carbocycles. The van der Waals surface area contributed by atoms with E-state index in [-0.39, 0.29) is 17.4 Å². The van der Waals surface area contributed by atoms with Crippen LogP contribution >= 0.6 is 0 Å². The van der Waals surface area contributed by atoms with Crippen molar-refractivity contribution < 1.29 is 9.72 Å². The SMILES string of the molecule is Cc1ccc(NC(=O)N2CCCCC2)c([N+](=O)[O-])c1. The van der Waals surface area contributed by atoms with E-state index in [0.717, 1.165) is 24.8 Å². The molecule has 0 bridgehead atoms. The maximum Gasteiger partial charge on any atom is 0.322 e. The van der Waals surface area contributed by atoms with Gasteiger partial charge in [-0.05, 0) is 37.8 Å². The molecule has 0 unspecified atom stereocenters. The van der Waals surface area contributed by atoms with Crippen LogP contribution in [0.3, 0.4) is 0 Å². The van der Waals surface area contributed by atoms with Gasteiger partial charge in [0, 0.05) is 19.2 Å². The van der Waals surface area contributed by atoms with Crippen molar-refractivity contribution in [2.75, 3.05) is 18.4 Å². The lowest BCUT2D eigenvalue weighted by atomic mass is 10.1. The Balaban J connectivity index is 2.13. The number of nitro benzene ring substituents is 1. The maximum atomic E-state index is 12.0. The number of hydrogen-bond donors (Lipinski definition) is 1. The molecule has 1 aromatic rings. The third-order valence-electron chi connectivity index (χ3n) is 3.23. The monoisotopic (exact) mass is 263 g/mol. The number of carbonyl (C=O) groups excluding carboxylic acids is 1. The van der Waals surface area contributed by atoms with Gasteiger partial charge in [-0.3, -0.25) is 10.1 Å². The van der Waals surface area contributed by atoms with Gasteiger partial charge in [0.25, 0.3) is 5.69 Å². The van der Waals surface area contributed by atoms with Gasteiger partial charge >= 0.3 is 6.03 Å². The fourth-order valence-electron chi connectivity index (χ4n) is 2.19. The van der Waals surface area contributed by atoms with Crippen LogP contribution in [0.2, 0.25) is 0 Å². The first-order valence-electron chi connectivity index (χ1n) is 6.39. The Labute approximate surface area is 111 Å². The number of nitrogens with zero attached hydrogens (tertiary/aromatic N) is 2. The predicted molar refractivity (Wildman–Crippen MR) is 72.3 cm³/mol. The minimum atomic E-state index is -0.473. The second-order valence-electron chi connectivity index (χ2n) is 4.76. The number of benzene rings is 1. The van der Waals surface area contributed by atoms with E-state index in [1.807, 2.05) is 0 Å². The van der Waals surface area contributed by atoms with E-state index in [1.54, 1.807) is 24.0 Å². The lowest BCUT2D eigenvalue weighted by molar-refractivity contribution is -0.384. The molecule has 0 atom stereocenters. The van der Waals surface area contributed by atoms with E-state index in [1.165, 1.54) is 6.07 Å². The molecule has 2 rings (SSSR count). The number of likely N-dealkylation sites (tertiary alicyclic amines) is 1. The van der Waals surface area contributed by atoms with E-state index in [4.69, 9.17) is 0 Å². The van der Waals surface area contributed by atoms with Gasteiger partial charge in [0.2, 0.25) is 0 Å². The first kappa shape index (κ1) is 13.3. The quantitative estimate of drug-likeness (QED) is 0.658. The molecule has 6 heteroatoms. The van der Waals surface area contributed by atoms with E-state index in [2.05, 4.69) is 5.32 Å².